The SMILES string of the molecule is CCCCCCCC(F)(C(=O)OC(C)C)C(F)(F)F. The second-order valence-electron chi connectivity index (χ2n) is 4.92. The van der Waals surface area contributed by atoms with E-state index in [1.54, 1.807) is 0 Å². The molecule has 0 aromatic carbocycles. The van der Waals surface area contributed by atoms with Crippen LogP contribution in [0, 0.1) is 0 Å². The molecule has 6 heteroatoms. The van der Waals surface area contributed by atoms with Gasteiger partial charge in [-0.3, -0.25) is 0 Å². The van der Waals surface area contributed by atoms with Gasteiger partial charge in [0.2, 0.25) is 0 Å². The van der Waals surface area contributed by atoms with Crippen molar-refractivity contribution in [3.05, 3.63) is 0 Å². The molecule has 19 heavy (non-hydrogen) atoms. The minimum Gasteiger partial charge on any atom is -0.460 e. The van der Waals surface area contributed by atoms with Gasteiger partial charge in [-0.05, 0) is 20.3 Å². The molecule has 0 radical (unpaired) electrons. The van der Waals surface area contributed by atoms with Crippen LogP contribution < -0.4 is 0 Å². The zero-order valence-electron chi connectivity index (χ0n) is 11.6. The number of hydrogen-bond donors (Lipinski definition) is 0. The summed E-state index contributed by atoms with van der Waals surface area (Å²) >= 11 is 0. The molecule has 0 fully saturated rings. The maximum absolute atomic E-state index is 14.0. The van der Waals surface area contributed by atoms with Crippen molar-refractivity contribution in [1.29, 1.82) is 0 Å². The lowest BCUT2D eigenvalue weighted by Crippen LogP contribution is -2.49. The molecule has 0 aliphatic heterocycles. The Hall–Kier alpha value is -0.810. The van der Waals surface area contributed by atoms with E-state index < -0.39 is 30.3 Å². The lowest BCUT2D eigenvalue weighted by atomic mass is 9.96. The third-order valence-corrected chi connectivity index (χ3v) is 2.74. The topological polar surface area (TPSA) is 26.3 Å². The van der Waals surface area contributed by atoms with Crippen LogP contribution in [0.4, 0.5) is 17.6 Å². The van der Waals surface area contributed by atoms with E-state index in [1.165, 1.54) is 13.8 Å². The van der Waals surface area contributed by atoms with Gasteiger partial charge in [0.05, 0.1) is 6.10 Å². The molecule has 0 aliphatic rings. The summed E-state index contributed by atoms with van der Waals surface area (Å²) in [6.07, 6.45) is -3.81. The van der Waals surface area contributed by atoms with Gasteiger partial charge in [0.25, 0.3) is 0 Å². The van der Waals surface area contributed by atoms with E-state index in [4.69, 9.17) is 0 Å². The summed E-state index contributed by atoms with van der Waals surface area (Å²) in [6.45, 7) is 4.74. The fourth-order valence-electron chi connectivity index (χ4n) is 1.64. The predicted molar refractivity (Wildman–Crippen MR) is 64.5 cm³/mol. The van der Waals surface area contributed by atoms with Crippen molar-refractivity contribution >= 4 is 5.97 Å². The van der Waals surface area contributed by atoms with Crippen LogP contribution in [-0.4, -0.2) is 23.9 Å². The van der Waals surface area contributed by atoms with Crippen LogP contribution in [0.3, 0.4) is 0 Å². The number of unbranched alkanes of at least 4 members (excludes halogenated alkanes) is 4. The number of rotatable bonds is 8. The van der Waals surface area contributed by atoms with Crippen LogP contribution in [0.1, 0.15) is 59.3 Å². The second kappa shape index (κ2) is 7.70. The van der Waals surface area contributed by atoms with E-state index in [0.717, 1.165) is 19.3 Å². The molecule has 2 nitrogen and oxygen atoms in total. The Kier molecular flexibility index (Phi) is 7.37. The minimum absolute atomic E-state index is 0.0171. The first-order chi connectivity index (χ1) is 8.65. The molecule has 0 aromatic rings. The van der Waals surface area contributed by atoms with Crippen molar-refractivity contribution in [3.8, 4) is 0 Å². The normalized spacial score (nSPS) is 15.4. The third kappa shape index (κ3) is 5.78. The molecule has 0 saturated heterocycles. The number of carbonyl (C=O) groups is 1. The van der Waals surface area contributed by atoms with Crippen molar-refractivity contribution < 1.29 is 27.1 Å². The Balaban J connectivity index is 4.57. The first-order valence-corrected chi connectivity index (χ1v) is 6.62. The van der Waals surface area contributed by atoms with Crippen LogP contribution in [0.5, 0.6) is 0 Å². The zero-order chi connectivity index (χ0) is 15.1. The average Bonchev–Trinajstić information content (AvgIpc) is 2.25. The molecule has 0 spiro atoms. The number of carbonyl (C=O) groups excluding carboxylic acids is 1. The van der Waals surface area contributed by atoms with Gasteiger partial charge >= 0.3 is 17.8 Å². The largest absolute Gasteiger partial charge is 0.460 e. The minimum atomic E-state index is -5.23. The third-order valence-electron chi connectivity index (χ3n) is 2.74. The molecule has 0 saturated carbocycles. The maximum atomic E-state index is 14.0. The molecular weight excluding hydrogens is 264 g/mol. The van der Waals surface area contributed by atoms with Gasteiger partial charge in [0.1, 0.15) is 0 Å². The van der Waals surface area contributed by atoms with Gasteiger partial charge in [0.15, 0.2) is 0 Å². The van der Waals surface area contributed by atoms with Gasteiger partial charge in [-0.1, -0.05) is 32.6 Å². The highest BCUT2D eigenvalue weighted by Crippen LogP contribution is 2.39. The first kappa shape index (κ1) is 18.2. The van der Waals surface area contributed by atoms with Crippen LogP contribution in [0.2, 0.25) is 0 Å². The summed E-state index contributed by atoms with van der Waals surface area (Å²) in [4.78, 5) is 11.3. The van der Waals surface area contributed by atoms with Gasteiger partial charge < -0.3 is 4.74 Å². The number of ether oxygens (including phenoxy) is 1. The van der Waals surface area contributed by atoms with E-state index >= 15 is 0 Å². The molecule has 0 aliphatic carbocycles. The van der Waals surface area contributed by atoms with Crippen LogP contribution in [0.25, 0.3) is 0 Å². The lowest BCUT2D eigenvalue weighted by Gasteiger charge is -2.26. The smallest absolute Gasteiger partial charge is 0.433 e. The molecule has 0 aromatic heterocycles. The summed E-state index contributed by atoms with van der Waals surface area (Å²) in [6, 6.07) is 0. The van der Waals surface area contributed by atoms with E-state index in [0.29, 0.717) is 6.42 Å². The number of alkyl halides is 4. The van der Waals surface area contributed by atoms with E-state index in [2.05, 4.69) is 4.74 Å². The molecule has 0 N–H and O–H groups in total. The standard InChI is InChI=1S/C13H22F4O2/c1-4-5-6-7-8-9-12(14,13(15,16)17)11(18)19-10(2)3/h10H,4-9H2,1-3H3. The molecule has 0 bridgehead atoms. The van der Waals surface area contributed by atoms with Crippen molar-refractivity contribution in [1.82, 2.24) is 0 Å². The highest BCUT2D eigenvalue weighted by atomic mass is 19.4. The maximum Gasteiger partial charge on any atom is 0.433 e. The molecular formula is C13H22F4O2. The summed E-state index contributed by atoms with van der Waals surface area (Å²) in [7, 11) is 0. The Morgan fingerprint density at radius 3 is 2.00 bits per heavy atom. The quantitative estimate of drug-likeness (QED) is 0.371. The van der Waals surface area contributed by atoms with Crippen LogP contribution in [-0.2, 0) is 9.53 Å². The summed E-state index contributed by atoms with van der Waals surface area (Å²) in [5.74, 6) is -1.83. The van der Waals surface area contributed by atoms with Crippen LogP contribution in [0.15, 0.2) is 0 Å². The molecule has 114 valence electrons. The Labute approximate surface area is 111 Å². The van der Waals surface area contributed by atoms with Crippen molar-refractivity contribution in [2.75, 3.05) is 0 Å². The predicted octanol–water partition coefficient (Wildman–Crippen LogP) is 4.57. The molecule has 0 amide bonds. The highest BCUT2D eigenvalue weighted by molar-refractivity contribution is 5.80. The monoisotopic (exact) mass is 286 g/mol. The Morgan fingerprint density at radius 1 is 1.05 bits per heavy atom. The Bertz CT molecular complexity index is 276. The number of esters is 1. The first-order valence-electron chi connectivity index (χ1n) is 6.62. The van der Waals surface area contributed by atoms with Gasteiger partial charge in [0, 0.05) is 6.42 Å². The Morgan fingerprint density at radius 2 is 1.58 bits per heavy atom. The molecule has 1 unspecified atom stereocenters. The summed E-state index contributed by atoms with van der Waals surface area (Å²) in [5.41, 5.74) is -3.89. The van der Waals surface area contributed by atoms with Gasteiger partial charge in [-0.25, -0.2) is 9.18 Å². The van der Waals surface area contributed by atoms with Crippen molar-refractivity contribution in [2.24, 2.45) is 0 Å². The molecule has 0 rings (SSSR count). The second-order valence-corrected chi connectivity index (χ2v) is 4.92. The molecule has 0 heterocycles. The summed E-state index contributed by atoms with van der Waals surface area (Å²) in [5, 5.41) is 0. The van der Waals surface area contributed by atoms with Gasteiger partial charge in [-0.2, -0.15) is 13.2 Å². The van der Waals surface area contributed by atoms with Crippen LogP contribution >= 0.6 is 0 Å². The van der Waals surface area contributed by atoms with Gasteiger partial charge in [-0.15, -0.1) is 0 Å². The number of halogens is 4. The zero-order valence-corrected chi connectivity index (χ0v) is 11.6. The van der Waals surface area contributed by atoms with Crippen molar-refractivity contribution in [3.63, 3.8) is 0 Å². The summed E-state index contributed by atoms with van der Waals surface area (Å²) < 4.78 is 56.5. The molecule has 1 atom stereocenters. The van der Waals surface area contributed by atoms with Crippen molar-refractivity contribution in [2.45, 2.75) is 77.2 Å². The highest BCUT2D eigenvalue weighted by Gasteiger charge is 2.62. The lowest BCUT2D eigenvalue weighted by molar-refractivity contribution is -0.242. The fourth-order valence-corrected chi connectivity index (χ4v) is 1.64. The number of hydrogen-bond acceptors (Lipinski definition) is 2. The van der Waals surface area contributed by atoms with E-state index in [9.17, 15) is 22.4 Å². The average molecular weight is 286 g/mol. The fraction of sp³-hybridized carbons (Fsp3) is 0.923. The van der Waals surface area contributed by atoms with E-state index in [-0.39, 0.29) is 6.42 Å². The van der Waals surface area contributed by atoms with E-state index in [1.807, 2.05) is 6.92 Å².